The van der Waals surface area contributed by atoms with Gasteiger partial charge in [-0.2, -0.15) is 0 Å². The second kappa shape index (κ2) is 9.79. The number of aromatic nitrogens is 2. The normalized spacial score (nSPS) is 11.1. The van der Waals surface area contributed by atoms with E-state index in [0.29, 0.717) is 13.2 Å². The molecule has 0 aliphatic rings. The predicted molar refractivity (Wildman–Crippen MR) is 123 cm³/mol. The van der Waals surface area contributed by atoms with Crippen molar-refractivity contribution in [3.8, 4) is 5.75 Å². The average molecular weight is 420 g/mol. The first kappa shape index (κ1) is 20.5. The number of nitrogens with zero attached hydrogens (tertiary/aromatic N) is 1. The number of para-hydroxylation sites is 2. The molecule has 4 rings (SSSR count). The number of H-pyrrole nitrogens is 1. The van der Waals surface area contributed by atoms with E-state index in [4.69, 9.17) is 16.3 Å². The number of ether oxygens (including phenoxy) is 1. The number of aromatic amines is 1. The maximum Gasteiger partial charge on any atom is 0.124 e. The molecule has 0 amide bonds. The molecule has 0 saturated heterocycles. The van der Waals surface area contributed by atoms with Crippen LogP contribution in [0.25, 0.3) is 11.0 Å². The van der Waals surface area contributed by atoms with Crippen LogP contribution in [0.5, 0.6) is 5.75 Å². The number of hydrogen-bond donors (Lipinski definition) is 2. The van der Waals surface area contributed by atoms with E-state index in [1.165, 1.54) is 11.1 Å². The Morgan fingerprint density at radius 2 is 1.83 bits per heavy atom. The van der Waals surface area contributed by atoms with E-state index in [0.717, 1.165) is 52.6 Å². The first-order valence-corrected chi connectivity index (χ1v) is 10.7. The van der Waals surface area contributed by atoms with Crippen LogP contribution in [0.15, 0.2) is 66.7 Å². The van der Waals surface area contributed by atoms with Gasteiger partial charge in [-0.3, -0.25) is 0 Å². The van der Waals surface area contributed by atoms with E-state index in [-0.39, 0.29) is 0 Å². The van der Waals surface area contributed by atoms with Crippen LogP contribution in [0.1, 0.15) is 28.9 Å². The third-order valence-electron chi connectivity index (χ3n) is 5.19. The fourth-order valence-corrected chi connectivity index (χ4v) is 3.68. The molecule has 1 aromatic heterocycles. The highest BCUT2D eigenvalue weighted by Gasteiger charge is 2.07. The standard InChI is InChI=1S/C25H26ClN3O/c1-18-7-2-3-8-19(18)17-30-24-13-12-21(26)15-20(24)16-27-14-6-11-25-28-22-9-4-5-10-23(22)29-25/h2-5,7-10,12-13,15,27H,6,11,14,16-17H2,1H3,(H,28,29). The van der Waals surface area contributed by atoms with Crippen LogP contribution < -0.4 is 10.1 Å². The number of rotatable bonds is 9. The average Bonchev–Trinajstić information content (AvgIpc) is 3.17. The summed E-state index contributed by atoms with van der Waals surface area (Å²) < 4.78 is 6.11. The van der Waals surface area contributed by atoms with Crippen molar-refractivity contribution >= 4 is 22.6 Å². The molecule has 2 N–H and O–H groups in total. The Bertz CT molecular complexity index is 1090. The number of imidazole rings is 1. The van der Waals surface area contributed by atoms with Crippen LogP contribution in [-0.2, 0) is 19.6 Å². The van der Waals surface area contributed by atoms with E-state index in [9.17, 15) is 0 Å². The van der Waals surface area contributed by atoms with Crippen LogP contribution in [0.3, 0.4) is 0 Å². The van der Waals surface area contributed by atoms with E-state index in [1.807, 2.05) is 48.5 Å². The monoisotopic (exact) mass is 419 g/mol. The molecule has 0 atom stereocenters. The minimum absolute atomic E-state index is 0.549. The fourth-order valence-electron chi connectivity index (χ4n) is 3.48. The molecule has 0 spiro atoms. The van der Waals surface area contributed by atoms with Crippen molar-refractivity contribution < 1.29 is 4.74 Å². The lowest BCUT2D eigenvalue weighted by Gasteiger charge is -2.14. The molecule has 0 unspecified atom stereocenters. The minimum atomic E-state index is 0.549. The van der Waals surface area contributed by atoms with Gasteiger partial charge in [-0.1, -0.05) is 48.0 Å². The Balaban J connectivity index is 1.29. The zero-order chi connectivity index (χ0) is 20.8. The van der Waals surface area contributed by atoms with Crippen molar-refractivity contribution in [2.45, 2.75) is 32.9 Å². The van der Waals surface area contributed by atoms with Crippen molar-refractivity contribution in [1.82, 2.24) is 15.3 Å². The Hall–Kier alpha value is -2.82. The highest BCUT2D eigenvalue weighted by Crippen LogP contribution is 2.24. The molecule has 30 heavy (non-hydrogen) atoms. The fraction of sp³-hybridized carbons (Fsp3) is 0.240. The molecule has 0 aliphatic carbocycles. The molecule has 4 aromatic rings. The quantitative estimate of drug-likeness (QED) is 0.336. The molecule has 4 nitrogen and oxygen atoms in total. The Kier molecular flexibility index (Phi) is 6.67. The highest BCUT2D eigenvalue weighted by atomic mass is 35.5. The van der Waals surface area contributed by atoms with Gasteiger partial charge in [0.2, 0.25) is 0 Å². The van der Waals surface area contributed by atoms with Gasteiger partial charge in [0, 0.05) is 23.6 Å². The Labute approximate surface area is 182 Å². The summed E-state index contributed by atoms with van der Waals surface area (Å²) in [5.41, 5.74) is 5.61. The summed E-state index contributed by atoms with van der Waals surface area (Å²) in [7, 11) is 0. The third kappa shape index (κ3) is 5.21. The smallest absolute Gasteiger partial charge is 0.124 e. The van der Waals surface area contributed by atoms with Crippen LogP contribution in [0, 0.1) is 6.92 Å². The van der Waals surface area contributed by atoms with Gasteiger partial charge in [0.25, 0.3) is 0 Å². The van der Waals surface area contributed by atoms with Gasteiger partial charge in [0.05, 0.1) is 11.0 Å². The molecule has 0 fully saturated rings. The van der Waals surface area contributed by atoms with Gasteiger partial charge in [-0.05, 0) is 61.3 Å². The van der Waals surface area contributed by atoms with Gasteiger partial charge in [0.1, 0.15) is 18.2 Å². The van der Waals surface area contributed by atoms with Crippen LogP contribution in [0.4, 0.5) is 0 Å². The third-order valence-corrected chi connectivity index (χ3v) is 5.42. The summed E-state index contributed by atoms with van der Waals surface area (Å²) in [6.45, 7) is 4.25. The van der Waals surface area contributed by atoms with Crippen LogP contribution in [0.2, 0.25) is 5.02 Å². The first-order valence-electron chi connectivity index (χ1n) is 10.3. The van der Waals surface area contributed by atoms with Crippen molar-refractivity contribution in [3.05, 3.63) is 94.3 Å². The lowest BCUT2D eigenvalue weighted by atomic mass is 10.1. The first-order chi connectivity index (χ1) is 14.7. The number of fused-ring (bicyclic) bond motifs is 1. The number of aryl methyl sites for hydroxylation is 2. The second-order valence-electron chi connectivity index (χ2n) is 7.45. The molecule has 3 aromatic carbocycles. The van der Waals surface area contributed by atoms with Crippen LogP contribution in [-0.4, -0.2) is 16.5 Å². The van der Waals surface area contributed by atoms with E-state index >= 15 is 0 Å². The van der Waals surface area contributed by atoms with Crippen LogP contribution >= 0.6 is 11.6 Å². The molecule has 0 bridgehead atoms. The number of benzene rings is 3. The zero-order valence-electron chi connectivity index (χ0n) is 17.1. The molecule has 0 aliphatic heterocycles. The summed E-state index contributed by atoms with van der Waals surface area (Å²) in [5.74, 6) is 1.90. The Morgan fingerprint density at radius 1 is 1.00 bits per heavy atom. The maximum atomic E-state index is 6.22. The molecule has 1 heterocycles. The lowest BCUT2D eigenvalue weighted by molar-refractivity contribution is 0.301. The molecule has 0 saturated carbocycles. The van der Waals surface area contributed by atoms with Crippen molar-refractivity contribution in [2.75, 3.05) is 6.54 Å². The topological polar surface area (TPSA) is 49.9 Å². The van der Waals surface area contributed by atoms with Crippen molar-refractivity contribution in [2.24, 2.45) is 0 Å². The minimum Gasteiger partial charge on any atom is -0.489 e. The molecule has 5 heteroatoms. The second-order valence-corrected chi connectivity index (χ2v) is 7.88. The molecular weight excluding hydrogens is 394 g/mol. The maximum absolute atomic E-state index is 6.22. The van der Waals surface area contributed by atoms with E-state index in [2.05, 4.69) is 40.4 Å². The summed E-state index contributed by atoms with van der Waals surface area (Å²) in [6, 6.07) is 22.2. The molecular formula is C25H26ClN3O. The van der Waals surface area contributed by atoms with Gasteiger partial charge in [-0.25, -0.2) is 4.98 Å². The lowest BCUT2D eigenvalue weighted by Crippen LogP contribution is -2.16. The molecule has 0 radical (unpaired) electrons. The summed E-state index contributed by atoms with van der Waals surface area (Å²) >= 11 is 6.22. The van der Waals surface area contributed by atoms with Gasteiger partial charge < -0.3 is 15.0 Å². The largest absolute Gasteiger partial charge is 0.489 e. The van der Waals surface area contributed by atoms with E-state index in [1.54, 1.807) is 0 Å². The van der Waals surface area contributed by atoms with Gasteiger partial charge in [-0.15, -0.1) is 0 Å². The summed E-state index contributed by atoms with van der Waals surface area (Å²) in [5, 5.41) is 4.22. The van der Waals surface area contributed by atoms with Crippen molar-refractivity contribution in [1.29, 1.82) is 0 Å². The summed E-state index contributed by atoms with van der Waals surface area (Å²) in [6.07, 6.45) is 1.91. The zero-order valence-corrected chi connectivity index (χ0v) is 17.9. The van der Waals surface area contributed by atoms with Crippen molar-refractivity contribution in [3.63, 3.8) is 0 Å². The predicted octanol–water partition coefficient (Wildman–Crippen LogP) is 5.83. The number of nitrogens with one attached hydrogen (secondary N) is 2. The van der Waals surface area contributed by atoms with Gasteiger partial charge >= 0.3 is 0 Å². The number of hydrogen-bond acceptors (Lipinski definition) is 3. The highest BCUT2D eigenvalue weighted by molar-refractivity contribution is 6.30. The SMILES string of the molecule is Cc1ccccc1COc1ccc(Cl)cc1CNCCCc1nc2ccccc2[nH]1. The number of halogens is 1. The Morgan fingerprint density at radius 3 is 2.70 bits per heavy atom. The molecule has 154 valence electrons. The summed E-state index contributed by atoms with van der Waals surface area (Å²) in [4.78, 5) is 8.01. The van der Waals surface area contributed by atoms with E-state index < -0.39 is 0 Å². The van der Waals surface area contributed by atoms with Gasteiger partial charge in [0.15, 0.2) is 0 Å².